The van der Waals surface area contributed by atoms with Crippen LogP contribution in [0.15, 0.2) is 18.2 Å². The molecule has 0 radical (unpaired) electrons. The highest BCUT2D eigenvalue weighted by atomic mass is 79.9. The van der Waals surface area contributed by atoms with Crippen LogP contribution in [0.4, 0.5) is 0 Å². The van der Waals surface area contributed by atoms with E-state index in [1.165, 1.54) is 0 Å². The first-order valence-corrected chi connectivity index (χ1v) is 7.47. The summed E-state index contributed by atoms with van der Waals surface area (Å²) in [6, 6.07) is 5.41. The minimum Gasteiger partial charge on any atom is -0.383 e. The average molecular weight is 365 g/mol. The van der Waals surface area contributed by atoms with Crippen molar-refractivity contribution in [2.24, 2.45) is 0 Å². The Morgan fingerprint density at radius 2 is 2.05 bits per heavy atom. The summed E-state index contributed by atoms with van der Waals surface area (Å²) in [4.78, 5) is 0. The van der Waals surface area contributed by atoms with Crippen LogP contribution >= 0.6 is 39.1 Å². The van der Waals surface area contributed by atoms with Crippen LogP contribution in [-0.2, 0) is 16.6 Å². The van der Waals surface area contributed by atoms with Gasteiger partial charge in [-0.15, -0.1) is 10.2 Å². The van der Waals surface area contributed by atoms with E-state index >= 15 is 0 Å². The highest BCUT2D eigenvalue weighted by Gasteiger charge is 2.13. The third-order valence-corrected chi connectivity index (χ3v) is 3.88. The molecule has 7 heteroatoms. The Balaban J connectivity index is 2.42. The van der Waals surface area contributed by atoms with Crippen LogP contribution in [0.3, 0.4) is 0 Å². The third kappa shape index (κ3) is 3.28. The van der Waals surface area contributed by atoms with Crippen molar-refractivity contribution in [3.8, 4) is 11.4 Å². The van der Waals surface area contributed by atoms with Gasteiger partial charge >= 0.3 is 0 Å². The quantitative estimate of drug-likeness (QED) is 0.757. The maximum Gasteiger partial charge on any atom is 0.164 e. The Labute approximate surface area is 129 Å². The Kier molecular flexibility index (Phi) is 5.21. The van der Waals surface area contributed by atoms with E-state index in [1.54, 1.807) is 19.2 Å². The van der Waals surface area contributed by atoms with E-state index in [0.717, 1.165) is 17.2 Å². The molecule has 1 aromatic heterocycles. The summed E-state index contributed by atoms with van der Waals surface area (Å²) >= 11 is 15.4. The van der Waals surface area contributed by atoms with E-state index < -0.39 is 0 Å². The lowest BCUT2D eigenvalue weighted by Crippen LogP contribution is -2.09. The number of methoxy groups -OCH3 is 1. The first-order valence-electron chi connectivity index (χ1n) is 5.59. The highest BCUT2D eigenvalue weighted by Crippen LogP contribution is 2.28. The summed E-state index contributed by atoms with van der Waals surface area (Å²) in [7, 11) is 1.66. The summed E-state index contributed by atoms with van der Waals surface area (Å²) in [5.74, 6) is 1.60. The van der Waals surface area contributed by atoms with E-state index in [2.05, 4.69) is 26.1 Å². The number of ether oxygens (including phenoxy) is 1. The number of halogens is 3. The van der Waals surface area contributed by atoms with Crippen LogP contribution in [0, 0.1) is 0 Å². The van der Waals surface area contributed by atoms with Gasteiger partial charge in [-0.1, -0.05) is 39.1 Å². The van der Waals surface area contributed by atoms with Gasteiger partial charge in [0.15, 0.2) is 5.82 Å². The molecule has 0 N–H and O–H groups in total. The maximum atomic E-state index is 6.04. The third-order valence-electron chi connectivity index (χ3n) is 2.64. The molecule has 0 saturated heterocycles. The lowest BCUT2D eigenvalue weighted by Gasteiger charge is -2.09. The van der Waals surface area contributed by atoms with Crippen LogP contribution < -0.4 is 0 Å². The van der Waals surface area contributed by atoms with Gasteiger partial charge in [-0.2, -0.15) is 0 Å². The number of hydrogen-bond acceptors (Lipinski definition) is 3. The molecule has 0 aliphatic carbocycles. The summed E-state index contributed by atoms with van der Waals surface area (Å²) < 4.78 is 7.11. The second-order valence-corrected chi connectivity index (χ2v) is 5.22. The molecule has 0 fully saturated rings. The zero-order valence-corrected chi connectivity index (χ0v) is 13.3. The fraction of sp³-hybridized carbons (Fsp3) is 0.333. The molecule has 1 aromatic carbocycles. The van der Waals surface area contributed by atoms with Crippen molar-refractivity contribution in [3.63, 3.8) is 0 Å². The molecule has 102 valence electrons. The van der Waals surface area contributed by atoms with Crippen molar-refractivity contribution in [1.29, 1.82) is 0 Å². The number of alkyl halides is 1. The fourth-order valence-electron chi connectivity index (χ4n) is 1.70. The summed E-state index contributed by atoms with van der Waals surface area (Å²) in [5.41, 5.74) is 0.880. The Bertz CT molecular complexity index is 574. The number of hydrogen-bond donors (Lipinski definition) is 0. The van der Waals surface area contributed by atoms with Gasteiger partial charge in [0, 0.05) is 19.2 Å². The van der Waals surface area contributed by atoms with Crippen LogP contribution in [0.5, 0.6) is 0 Å². The smallest absolute Gasteiger partial charge is 0.164 e. The zero-order chi connectivity index (χ0) is 13.8. The van der Waals surface area contributed by atoms with Crippen LogP contribution in [0.25, 0.3) is 11.4 Å². The van der Waals surface area contributed by atoms with Gasteiger partial charge in [-0.05, 0) is 18.2 Å². The van der Waals surface area contributed by atoms with Crippen LogP contribution in [0.1, 0.15) is 5.82 Å². The van der Waals surface area contributed by atoms with Gasteiger partial charge in [0.05, 0.1) is 22.0 Å². The number of rotatable bonds is 5. The molecule has 19 heavy (non-hydrogen) atoms. The molecule has 0 spiro atoms. The SMILES string of the molecule is COCCn1c(CBr)nnc1-c1ccc(Cl)c(Cl)c1. The first-order chi connectivity index (χ1) is 9.17. The van der Waals surface area contributed by atoms with Gasteiger partial charge < -0.3 is 9.30 Å². The monoisotopic (exact) mass is 363 g/mol. The molecular formula is C12H12BrCl2N3O. The predicted molar refractivity (Wildman–Crippen MR) is 80.0 cm³/mol. The van der Waals surface area contributed by atoms with Gasteiger partial charge in [0.1, 0.15) is 5.82 Å². The second kappa shape index (κ2) is 6.70. The molecular weight excluding hydrogens is 353 g/mol. The van der Waals surface area contributed by atoms with Crippen molar-refractivity contribution in [2.75, 3.05) is 13.7 Å². The van der Waals surface area contributed by atoms with E-state index in [9.17, 15) is 0 Å². The Morgan fingerprint density at radius 3 is 2.68 bits per heavy atom. The summed E-state index contributed by atoms with van der Waals surface area (Å²) in [6.45, 7) is 1.27. The van der Waals surface area contributed by atoms with Crippen LogP contribution in [0.2, 0.25) is 10.0 Å². The van der Waals surface area contributed by atoms with E-state index in [4.69, 9.17) is 27.9 Å². The standard InChI is InChI=1S/C12H12BrCl2N3O/c1-19-5-4-18-11(7-13)16-17-12(18)8-2-3-9(14)10(15)6-8/h2-3,6H,4-5,7H2,1H3. The van der Waals surface area contributed by atoms with E-state index in [-0.39, 0.29) is 0 Å². The van der Waals surface area contributed by atoms with Crippen molar-refractivity contribution in [3.05, 3.63) is 34.1 Å². The highest BCUT2D eigenvalue weighted by molar-refractivity contribution is 9.08. The minimum atomic E-state index is 0.501. The molecule has 2 aromatic rings. The molecule has 0 unspecified atom stereocenters. The molecule has 0 aliphatic rings. The molecule has 2 rings (SSSR count). The lowest BCUT2D eigenvalue weighted by molar-refractivity contribution is 0.187. The second-order valence-electron chi connectivity index (χ2n) is 3.85. The van der Waals surface area contributed by atoms with Crippen molar-refractivity contribution in [2.45, 2.75) is 11.9 Å². The zero-order valence-electron chi connectivity index (χ0n) is 10.2. The number of aromatic nitrogens is 3. The number of nitrogens with zero attached hydrogens (tertiary/aromatic N) is 3. The Hall–Kier alpha value is -0.620. The minimum absolute atomic E-state index is 0.501. The molecule has 0 atom stereocenters. The van der Waals surface area contributed by atoms with Crippen molar-refractivity contribution in [1.82, 2.24) is 14.8 Å². The maximum absolute atomic E-state index is 6.04. The van der Waals surface area contributed by atoms with E-state index in [0.29, 0.717) is 28.5 Å². The fourth-order valence-corrected chi connectivity index (χ4v) is 2.41. The lowest BCUT2D eigenvalue weighted by atomic mass is 10.2. The molecule has 4 nitrogen and oxygen atoms in total. The molecule has 0 bridgehead atoms. The van der Waals surface area contributed by atoms with E-state index in [1.807, 2.05) is 10.6 Å². The largest absolute Gasteiger partial charge is 0.383 e. The van der Waals surface area contributed by atoms with Gasteiger partial charge in [0.2, 0.25) is 0 Å². The normalized spacial score (nSPS) is 10.9. The van der Waals surface area contributed by atoms with Crippen molar-refractivity contribution < 1.29 is 4.74 Å². The number of benzene rings is 1. The average Bonchev–Trinajstić information content (AvgIpc) is 2.82. The first kappa shape index (κ1) is 14.8. The predicted octanol–water partition coefficient (Wildman–Crippen LogP) is 3.79. The van der Waals surface area contributed by atoms with Crippen molar-refractivity contribution >= 4 is 39.1 Å². The molecule has 0 amide bonds. The van der Waals surface area contributed by atoms with Gasteiger partial charge in [0.25, 0.3) is 0 Å². The summed E-state index contributed by atoms with van der Waals surface area (Å²) in [6.07, 6.45) is 0. The van der Waals surface area contributed by atoms with Crippen LogP contribution in [-0.4, -0.2) is 28.5 Å². The molecule has 1 heterocycles. The Morgan fingerprint density at radius 1 is 1.26 bits per heavy atom. The van der Waals surface area contributed by atoms with Gasteiger partial charge in [-0.3, -0.25) is 0 Å². The molecule has 0 saturated carbocycles. The molecule has 0 aliphatic heterocycles. The summed E-state index contributed by atoms with van der Waals surface area (Å²) in [5, 5.41) is 10.0. The topological polar surface area (TPSA) is 39.9 Å². The van der Waals surface area contributed by atoms with Gasteiger partial charge in [-0.25, -0.2) is 0 Å².